The quantitative estimate of drug-likeness (QED) is 0.846. The predicted octanol–water partition coefficient (Wildman–Crippen LogP) is 1.48. The molecule has 4 heteroatoms. The van der Waals surface area contributed by atoms with Gasteiger partial charge < -0.3 is 5.32 Å². The molecule has 0 radical (unpaired) electrons. The lowest BCUT2D eigenvalue weighted by Gasteiger charge is -2.27. The smallest absolute Gasteiger partial charge is 0.0568 e. The fraction of sp³-hybridized carbons (Fsp3) is 0.385. The van der Waals surface area contributed by atoms with Crippen molar-refractivity contribution < 1.29 is 0 Å². The molecule has 2 aromatic heterocycles. The number of nitrogens with zero attached hydrogens (tertiary/aromatic N) is 3. The molecule has 88 valence electrons. The summed E-state index contributed by atoms with van der Waals surface area (Å²) >= 11 is 0. The normalized spacial score (nSPS) is 15.9. The van der Waals surface area contributed by atoms with Gasteiger partial charge in [-0.25, -0.2) is 0 Å². The highest BCUT2D eigenvalue weighted by Crippen LogP contribution is 2.25. The van der Waals surface area contributed by atoms with Crippen molar-refractivity contribution in [1.82, 2.24) is 20.1 Å². The lowest BCUT2D eigenvalue weighted by atomic mass is 9.96. The van der Waals surface area contributed by atoms with Crippen molar-refractivity contribution >= 4 is 0 Å². The van der Waals surface area contributed by atoms with Crippen LogP contribution in [-0.4, -0.2) is 27.9 Å². The molecule has 0 saturated carbocycles. The van der Waals surface area contributed by atoms with Gasteiger partial charge in [-0.15, -0.1) is 0 Å². The van der Waals surface area contributed by atoms with Crippen molar-refractivity contribution in [3.63, 3.8) is 0 Å². The third kappa shape index (κ3) is 1.96. The fourth-order valence-electron chi connectivity index (χ4n) is 2.14. The summed E-state index contributed by atoms with van der Waals surface area (Å²) in [5, 5.41) is 7.50. The zero-order valence-corrected chi connectivity index (χ0v) is 10.1. The zero-order chi connectivity index (χ0) is 11.8. The molecule has 0 amide bonds. The molecule has 1 aliphatic rings. The van der Waals surface area contributed by atoms with Gasteiger partial charge in [0.1, 0.15) is 0 Å². The minimum Gasteiger partial charge on any atom is -0.315 e. The maximum absolute atomic E-state index is 4.62. The van der Waals surface area contributed by atoms with Gasteiger partial charge in [0, 0.05) is 49.2 Å². The summed E-state index contributed by atoms with van der Waals surface area (Å²) < 4.78 is 1.83. The van der Waals surface area contributed by atoms with Crippen LogP contribution in [0.5, 0.6) is 0 Å². The molecule has 1 fully saturated rings. The summed E-state index contributed by atoms with van der Waals surface area (Å²) in [7, 11) is 1.94. The molecule has 0 atom stereocenters. The standard InChI is InChI=1S/C13H16N4/c1-9-3-10(12-7-15-17(2)8-12)4-13(16-9)11-5-14-6-11/h3-4,7-8,11,14H,5-6H2,1-2H3. The Labute approximate surface area is 101 Å². The molecule has 4 nitrogen and oxygen atoms in total. The molecule has 3 heterocycles. The maximum atomic E-state index is 4.62. The summed E-state index contributed by atoms with van der Waals surface area (Å²) in [4.78, 5) is 4.62. The van der Waals surface area contributed by atoms with Crippen molar-refractivity contribution in [3.8, 4) is 11.1 Å². The van der Waals surface area contributed by atoms with Crippen LogP contribution in [0.3, 0.4) is 0 Å². The van der Waals surface area contributed by atoms with Crippen molar-refractivity contribution in [2.24, 2.45) is 7.05 Å². The van der Waals surface area contributed by atoms with E-state index in [1.165, 1.54) is 11.3 Å². The Kier molecular flexibility index (Phi) is 2.44. The molecule has 1 N–H and O–H groups in total. The zero-order valence-electron chi connectivity index (χ0n) is 10.1. The molecule has 0 aliphatic carbocycles. The topological polar surface area (TPSA) is 42.7 Å². The SMILES string of the molecule is Cc1cc(-c2cnn(C)c2)cc(C2CNC2)n1. The average Bonchev–Trinajstić information content (AvgIpc) is 2.61. The number of aromatic nitrogens is 3. The number of hydrogen-bond donors (Lipinski definition) is 1. The monoisotopic (exact) mass is 228 g/mol. The van der Waals surface area contributed by atoms with E-state index in [2.05, 4.69) is 34.5 Å². The summed E-state index contributed by atoms with van der Waals surface area (Å²) in [6.07, 6.45) is 3.94. The van der Waals surface area contributed by atoms with Gasteiger partial charge in [-0.2, -0.15) is 5.10 Å². The third-order valence-corrected chi connectivity index (χ3v) is 3.21. The predicted molar refractivity (Wildman–Crippen MR) is 66.8 cm³/mol. The van der Waals surface area contributed by atoms with E-state index in [1.807, 2.05) is 24.1 Å². The number of aryl methyl sites for hydroxylation is 2. The molecule has 0 aromatic carbocycles. The second-order valence-corrected chi connectivity index (χ2v) is 4.68. The second-order valence-electron chi connectivity index (χ2n) is 4.68. The Morgan fingerprint density at radius 1 is 1.29 bits per heavy atom. The summed E-state index contributed by atoms with van der Waals surface area (Å²) in [6, 6.07) is 4.31. The van der Waals surface area contributed by atoms with E-state index >= 15 is 0 Å². The van der Waals surface area contributed by atoms with Gasteiger partial charge in [0.2, 0.25) is 0 Å². The van der Waals surface area contributed by atoms with Crippen LogP contribution in [0.2, 0.25) is 0 Å². The van der Waals surface area contributed by atoms with Gasteiger partial charge >= 0.3 is 0 Å². The lowest BCUT2D eigenvalue weighted by Crippen LogP contribution is -2.40. The van der Waals surface area contributed by atoms with Crippen molar-refractivity contribution in [2.75, 3.05) is 13.1 Å². The molecule has 2 aromatic rings. The summed E-state index contributed by atoms with van der Waals surface area (Å²) in [5.41, 5.74) is 4.65. The molecule has 0 bridgehead atoms. The van der Waals surface area contributed by atoms with E-state index in [4.69, 9.17) is 0 Å². The molecular weight excluding hydrogens is 212 g/mol. The first-order valence-corrected chi connectivity index (χ1v) is 5.91. The van der Waals surface area contributed by atoms with Gasteiger partial charge in [0.05, 0.1) is 6.20 Å². The number of pyridine rings is 1. The van der Waals surface area contributed by atoms with Gasteiger partial charge in [-0.3, -0.25) is 9.67 Å². The van der Waals surface area contributed by atoms with Gasteiger partial charge in [-0.1, -0.05) is 0 Å². The first kappa shape index (κ1) is 10.5. The Bertz CT molecular complexity index is 540. The van der Waals surface area contributed by atoms with E-state index in [-0.39, 0.29) is 0 Å². The molecule has 1 saturated heterocycles. The number of hydrogen-bond acceptors (Lipinski definition) is 3. The van der Waals surface area contributed by atoms with E-state index in [0.29, 0.717) is 5.92 Å². The Hall–Kier alpha value is -1.68. The highest BCUT2D eigenvalue weighted by molar-refractivity contribution is 5.62. The van der Waals surface area contributed by atoms with Crippen LogP contribution in [0.25, 0.3) is 11.1 Å². The molecule has 1 aliphatic heterocycles. The Balaban J connectivity index is 2.01. The third-order valence-electron chi connectivity index (χ3n) is 3.21. The van der Waals surface area contributed by atoms with Crippen LogP contribution in [0, 0.1) is 6.92 Å². The van der Waals surface area contributed by atoms with Crippen LogP contribution < -0.4 is 5.32 Å². The van der Waals surface area contributed by atoms with Crippen LogP contribution in [0.1, 0.15) is 17.3 Å². The highest BCUT2D eigenvalue weighted by atomic mass is 15.2. The van der Waals surface area contributed by atoms with E-state index in [1.54, 1.807) is 0 Å². The molecule has 0 unspecified atom stereocenters. The highest BCUT2D eigenvalue weighted by Gasteiger charge is 2.21. The summed E-state index contributed by atoms with van der Waals surface area (Å²) in [5.74, 6) is 0.574. The fourth-order valence-corrected chi connectivity index (χ4v) is 2.14. The average molecular weight is 228 g/mol. The molecular formula is C13H16N4. The van der Waals surface area contributed by atoms with Crippen molar-refractivity contribution in [2.45, 2.75) is 12.8 Å². The van der Waals surface area contributed by atoms with E-state index in [9.17, 15) is 0 Å². The first-order valence-electron chi connectivity index (χ1n) is 5.91. The first-order chi connectivity index (χ1) is 8.22. The van der Waals surface area contributed by atoms with Crippen LogP contribution in [-0.2, 0) is 7.05 Å². The van der Waals surface area contributed by atoms with Crippen LogP contribution in [0.4, 0.5) is 0 Å². The summed E-state index contributed by atoms with van der Waals surface area (Å²) in [6.45, 7) is 4.14. The molecule has 17 heavy (non-hydrogen) atoms. The van der Waals surface area contributed by atoms with Gasteiger partial charge in [-0.05, 0) is 24.6 Å². The minimum absolute atomic E-state index is 0.574. The molecule has 3 rings (SSSR count). The number of rotatable bonds is 2. The van der Waals surface area contributed by atoms with E-state index < -0.39 is 0 Å². The Morgan fingerprint density at radius 3 is 2.71 bits per heavy atom. The van der Waals surface area contributed by atoms with Gasteiger partial charge in [0.25, 0.3) is 0 Å². The minimum atomic E-state index is 0.574. The van der Waals surface area contributed by atoms with E-state index in [0.717, 1.165) is 24.3 Å². The van der Waals surface area contributed by atoms with Crippen molar-refractivity contribution in [3.05, 3.63) is 35.9 Å². The largest absolute Gasteiger partial charge is 0.315 e. The lowest BCUT2D eigenvalue weighted by molar-refractivity contribution is 0.439. The van der Waals surface area contributed by atoms with Crippen LogP contribution in [0.15, 0.2) is 24.5 Å². The maximum Gasteiger partial charge on any atom is 0.0568 e. The molecule has 0 spiro atoms. The van der Waals surface area contributed by atoms with Crippen molar-refractivity contribution in [1.29, 1.82) is 0 Å². The van der Waals surface area contributed by atoms with Gasteiger partial charge in [0.15, 0.2) is 0 Å². The number of nitrogens with one attached hydrogen (secondary N) is 1. The second kappa shape index (κ2) is 3.96. The van der Waals surface area contributed by atoms with Crippen LogP contribution >= 0.6 is 0 Å². The Morgan fingerprint density at radius 2 is 2.12 bits per heavy atom.